The molecule has 1 aromatic rings. The minimum absolute atomic E-state index is 0.141. The molecule has 2 N–H and O–H groups in total. The summed E-state index contributed by atoms with van der Waals surface area (Å²) in [7, 11) is 0. The Kier molecular flexibility index (Phi) is 5.58. The molecule has 1 amide bonds. The minimum Gasteiger partial charge on any atom is -0.478 e. The summed E-state index contributed by atoms with van der Waals surface area (Å²) in [6.45, 7) is 8.09. The van der Waals surface area contributed by atoms with Crippen LogP contribution in [0.3, 0.4) is 0 Å². The van der Waals surface area contributed by atoms with Gasteiger partial charge < -0.3 is 10.4 Å². The van der Waals surface area contributed by atoms with Crippen LogP contribution >= 0.6 is 11.3 Å². The lowest BCUT2D eigenvalue weighted by Crippen LogP contribution is -2.33. The topological polar surface area (TPSA) is 69.6 Å². The maximum Gasteiger partial charge on any atom is 0.339 e. The second kappa shape index (κ2) is 7.24. The number of hydrogen-bond acceptors (Lipinski definition) is 4. The number of carboxylic acids is 1. The van der Waals surface area contributed by atoms with Gasteiger partial charge in [0.05, 0.1) is 12.1 Å². The van der Waals surface area contributed by atoms with Crippen LogP contribution in [0.5, 0.6) is 0 Å². The standard InChI is InChI=1S/C16H24N2O3S/c1-4-18(5-2)9-13(19)17-15-14(16(20)21)11-7-6-10(3)8-12(11)22-15/h10H,4-9H2,1-3H3,(H,17,19)(H,20,21). The molecule has 5 nitrogen and oxygen atoms in total. The number of likely N-dealkylation sites (N-methyl/N-ethyl adjacent to an activating group) is 1. The molecule has 1 aliphatic rings. The molecule has 2 rings (SSSR count). The van der Waals surface area contributed by atoms with Crippen LogP contribution in [-0.2, 0) is 17.6 Å². The molecule has 22 heavy (non-hydrogen) atoms. The lowest BCUT2D eigenvalue weighted by atomic mass is 9.88. The summed E-state index contributed by atoms with van der Waals surface area (Å²) in [5, 5.41) is 12.8. The lowest BCUT2D eigenvalue weighted by Gasteiger charge is -2.18. The van der Waals surface area contributed by atoms with Gasteiger partial charge in [-0.2, -0.15) is 0 Å². The molecule has 0 saturated carbocycles. The highest BCUT2D eigenvalue weighted by molar-refractivity contribution is 7.17. The van der Waals surface area contributed by atoms with Crippen molar-refractivity contribution in [2.45, 2.75) is 40.0 Å². The van der Waals surface area contributed by atoms with Gasteiger partial charge in [0.15, 0.2) is 0 Å². The first-order valence-corrected chi connectivity index (χ1v) is 8.67. The number of aromatic carboxylic acids is 1. The Bertz CT molecular complexity index is 564. The van der Waals surface area contributed by atoms with E-state index in [0.717, 1.165) is 42.8 Å². The van der Waals surface area contributed by atoms with E-state index >= 15 is 0 Å². The van der Waals surface area contributed by atoms with Crippen molar-refractivity contribution in [2.75, 3.05) is 25.0 Å². The Morgan fingerprint density at radius 3 is 2.64 bits per heavy atom. The Labute approximate surface area is 135 Å². The molecule has 1 heterocycles. The third kappa shape index (κ3) is 3.67. The maximum atomic E-state index is 12.2. The van der Waals surface area contributed by atoms with E-state index in [0.29, 0.717) is 23.0 Å². The third-order valence-corrected chi connectivity index (χ3v) is 5.41. The number of thiophene rings is 1. The van der Waals surface area contributed by atoms with Crippen LogP contribution in [0, 0.1) is 5.92 Å². The van der Waals surface area contributed by atoms with Gasteiger partial charge in [0.25, 0.3) is 0 Å². The predicted octanol–water partition coefficient (Wildman–Crippen LogP) is 2.85. The van der Waals surface area contributed by atoms with Crippen LogP contribution in [0.1, 0.15) is 48.0 Å². The number of carbonyl (C=O) groups excluding carboxylic acids is 1. The van der Waals surface area contributed by atoms with Crippen molar-refractivity contribution in [1.29, 1.82) is 0 Å². The summed E-state index contributed by atoms with van der Waals surface area (Å²) in [6.07, 6.45) is 2.71. The quantitative estimate of drug-likeness (QED) is 0.844. The molecule has 122 valence electrons. The van der Waals surface area contributed by atoms with E-state index in [2.05, 4.69) is 12.2 Å². The highest BCUT2D eigenvalue weighted by atomic mass is 32.1. The molecular formula is C16H24N2O3S. The normalized spacial score (nSPS) is 17.4. The summed E-state index contributed by atoms with van der Waals surface area (Å²) in [5.41, 5.74) is 1.23. The van der Waals surface area contributed by atoms with E-state index in [1.807, 2.05) is 18.7 Å². The van der Waals surface area contributed by atoms with E-state index in [4.69, 9.17) is 0 Å². The van der Waals surface area contributed by atoms with Gasteiger partial charge in [-0.1, -0.05) is 20.8 Å². The summed E-state index contributed by atoms with van der Waals surface area (Å²) >= 11 is 1.43. The van der Waals surface area contributed by atoms with Crippen molar-refractivity contribution in [3.63, 3.8) is 0 Å². The van der Waals surface area contributed by atoms with Crippen molar-refractivity contribution in [1.82, 2.24) is 4.90 Å². The minimum atomic E-state index is -0.940. The molecule has 0 spiro atoms. The second-order valence-electron chi connectivity index (χ2n) is 5.87. The van der Waals surface area contributed by atoms with E-state index in [1.54, 1.807) is 0 Å². The van der Waals surface area contributed by atoms with Gasteiger partial charge in [0, 0.05) is 4.88 Å². The fraction of sp³-hybridized carbons (Fsp3) is 0.625. The largest absolute Gasteiger partial charge is 0.478 e. The maximum absolute atomic E-state index is 12.2. The zero-order chi connectivity index (χ0) is 16.3. The molecule has 1 aliphatic carbocycles. The molecule has 0 radical (unpaired) electrons. The number of anilines is 1. The van der Waals surface area contributed by atoms with Crippen molar-refractivity contribution in [2.24, 2.45) is 5.92 Å². The second-order valence-corrected chi connectivity index (χ2v) is 6.98. The number of nitrogens with zero attached hydrogens (tertiary/aromatic N) is 1. The third-order valence-electron chi connectivity index (χ3n) is 4.24. The zero-order valence-electron chi connectivity index (χ0n) is 13.4. The first kappa shape index (κ1) is 17.0. The fourth-order valence-corrected chi connectivity index (χ4v) is 4.30. The molecule has 0 fully saturated rings. The monoisotopic (exact) mass is 324 g/mol. The number of amides is 1. The lowest BCUT2D eigenvalue weighted by molar-refractivity contribution is -0.117. The zero-order valence-corrected chi connectivity index (χ0v) is 14.3. The van der Waals surface area contributed by atoms with Crippen LogP contribution in [0.4, 0.5) is 5.00 Å². The van der Waals surface area contributed by atoms with Crippen molar-refractivity contribution in [3.05, 3.63) is 16.0 Å². The van der Waals surface area contributed by atoms with Crippen LogP contribution in [-0.4, -0.2) is 41.5 Å². The Morgan fingerprint density at radius 2 is 2.05 bits per heavy atom. The molecule has 1 unspecified atom stereocenters. The van der Waals surface area contributed by atoms with Gasteiger partial charge in [0.1, 0.15) is 5.00 Å². The summed E-state index contributed by atoms with van der Waals surface area (Å²) < 4.78 is 0. The first-order valence-electron chi connectivity index (χ1n) is 7.86. The van der Waals surface area contributed by atoms with Gasteiger partial charge in [-0.05, 0) is 43.8 Å². The van der Waals surface area contributed by atoms with Gasteiger partial charge in [-0.15, -0.1) is 11.3 Å². The van der Waals surface area contributed by atoms with E-state index in [1.165, 1.54) is 11.3 Å². The highest BCUT2D eigenvalue weighted by Crippen LogP contribution is 2.39. The van der Waals surface area contributed by atoms with E-state index in [9.17, 15) is 14.7 Å². The van der Waals surface area contributed by atoms with Crippen molar-refractivity contribution in [3.8, 4) is 0 Å². The molecule has 0 aromatic carbocycles. The molecular weight excluding hydrogens is 300 g/mol. The molecule has 1 aromatic heterocycles. The van der Waals surface area contributed by atoms with E-state index in [-0.39, 0.29) is 5.91 Å². The van der Waals surface area contributed by atoms with Gasteiger partial charge in [-0.25, -0.2) is 4.79 Å². The number of fused-ring (bicyclic) bond motifs is 1. The van der Waals surface area contributed by atoms with Gasteiger partial charge in [-0.3, -0.25) is 9.69 Å². The van der Waals surface area contributed by atoms with Crippen LogP contribution < -0.4 is 5.32 Å². The Balaban J connectivity index is 2.20. The molecule has 0 aliphatic heterocycles. The van der Waals surface area contributed by atoms with Gasteiger partial charge in [0.2, 0.25) is 5.91 Å². The number of carbonyl (C=O) groups is 2. The smallest absolute Gasteiger partial charge is 0.339 e. The van der Waals surface area contributed by atoms with Crippen LogP contribution in [0.15, 0.2) is 0 Å². The van der Waals surface area contributed by atoms with Crippen molar-refractivity contribution >= 4 is 28.2 Å². The van der Waals surface area contributed by atoms with Crippen molar-refractivity contribution < 1.29 is 14.7 Å². The highest BCUT2D eigenvalue weighted by Gasteiger charge is 2.28. The average Bonchev–Trinajstić information content (AvgIpc) is 2.81. The fourth-order valence-electron chi connectivity index (χ4n) is 2.88. The number of carboxylic acid groups (broad SMARTS) is 1. The number of rotatable bonds is 6. The number of hydrogen-bond donors (Lipinski definition) is 2. The Morgan fingerprint density at radius 1 is 1.36 bits per heavy atom. The average molecular weight is 324 g/mol. The molecule has 0 bridgehead atoms. The summed E-state index contributed by atoms with van der Waals surface area (Å²) in [4.78, 5) is 26.9. The summed E-state index contributed by atoms with van der Waals surface area (Å²) in [6, 6.07) is 0. The van der Waals surface area contributed by atoms with E-state index < -0.39 is 5.97 Å². The molecule has 0 saturated heterocycles. The van der Waals surface area contributed by atoms with Crippen LogP contribution in [0.2, 0.25) is 0 Å². The first-order chi connectivity index (χ1) is 10.5. The summed E-state index contributed by atoms with van der Waals surface area (Å²) in [5.74, 6) is -0.505. The Hall–Kier alpha value is -1.40. The predicted molar refractivity (Wildman–Crippen MR) is 88.9 cm³/mol. The SMILES string of the molecule is CCN(CC)CC(=O)Nc1sc2c(c1C(=O)O)CCC(C)C2. The number of nitrogens with one attached hydrogen (secondary N) is 1. The molecule has 1 atom stereocenters. The van der Waals surface area contributed by atoms with Crippen LogP contribution in [0.25, 0.3) is 0 Å². The molecule has 6 heteroatoms. The van der Waals surface area contributed by atoms with Gasteiger partial charge >= 0.3 is 5.97 Å².